The van der Waals surface area contributed by atoms with Crippen molar-refractivity contribution < 1.29 is 18.3 Å². The summed E-state index contributed by atoms with van der Waals surface area (Å²) in [6, 6.07) is 6.05. The fraction of sp³-hybridized carbons (Fsp3) is 0.417. The first-order chi connectivity index (χ1) is 8.31. The van der Waals surface area contributed by atoms with Crippen molar-refractivity contribution >= 4 is 15.7 Å². The molecule has 1 atom stereocenters. The van der Waals surface area contributed by atoms with E-state index in [9.17, 15) is 13.2 Å². The lowest BCUT2D eigenvalue weighted by Crippen LogP contribution is -2.34. The summed E-state index contributed by atoms with van der Waals surface area (Å²) in [5.74, 6) is -0.329. The van der Waals surface area contributed by atoms with Crippen LogP contribution in [0.25, 0.3) is 0 Å². The van der Waals surface area contributed by atoms with E-state index in [1.807, 2.05) is 0 Å². The van der Waals surface area contributed by atoms with Gasteiger partial charge in [-0.15, -0.1) is 0 Å². The van der Waals surface area contributed by atoms with E-state index < -0.39 is 9.84 Å². The summed E-state index contributed by atoms with van der Waals surface area (Å²) >= 11 is 0. The first-order valence-electron chi connectivity index (χ1n) is 5.50. The maximum absolute atomic E-state index is 11.7. The number of carbonyl (C=O) groups excluding carboxylic acids is 1. The van der Waals surface area contributed by atoms with Crippen molar-refractivity contribution in [2.75, 3.05) is 12.9 Å². The second kappa shape index (κ2) is 5.97. The van der Waals surface area contributed by atoms with Gasteiger partial charge in [0.2, 0.25) is 0 Å². The van der Waals surface area contributed by atoms with E-state index in [0.29, 0.717) is 11.1 Å². The summed E-state index contributed by atoms with van der Waals surface area (Å²) < 4.78 is 22.2. The van der Waals surface area contributed by atoms with Gasteiger partial charge in [0, 0.05) is 17.9 Å². The number of nitrogens with one attached hydrogen (secondary N) is 1. The lowest BCUT2D eigenvalue weighted by Gasteiger charge is -2.10. The van der Waals surface area contributed by atoms with E-state index >= 15 is 0 Å². The highest BCUT2D eigenvalue weighted by atomic mass is 32.2. The summed E-state index contributed by atoms with van der Waals surface area (Å²) in [6.45, 7) is 1.56. The van der Waals surface area contributed by atoms with Gasteiger partial charge in [0.05, 0.1) is 12.4 Å². The minimum atomic E-state index is -3.07. The highest BCUT2D eigenvalue weighted by Gasteiger charge is 2.10. The van der Waals surface area contributed by atoms with Gasteiger partial charge in [0.15, 0.2) is 9.84 Å². The zero-order valence-corrected chi connectivity index (χ0v) is 11.2. The van der Waals surface area contributed by atoms with Gasteiger partial charge in [-0.3, -0.25) is 4.79 Å². The molecule has 0 aliphatic rings. The van der Waals surface area contributed by atoms with Gasteiger partial charge in [-0.25, -0.2) is 8.42 Å². The fourth-order valence-electron chi connectivity index (χ4n) is 1.41. The monoisotopic (exact) mass is 271 g/mol. The van der Waals surface area contributed by atoms with Crippen molar-refractivity contribution in [3.63, 3.8) is 0 Å². The SMILES string of the molecule is C[C@H](CO)NC(=O)c1ccc(CS(C)(=O)=O)cc1. The number of hydrogen-bond donors (Lipinski definition) is 2. The largest absolute Gasteiger partial charge is 0.394 e. The Morgan fingerprint density at radius 1 is 1.33 bits per heavy atom. The molecule has 1 amide bonds. The molecule has 2 N–H and O–H groups in total. The van der Waals surface area contributed by atoms with Gasteiger partial charge in [0.1, 0.15) is 0 Å². The van der Waals surface area contributed by atoms with Crippen molar-refractivity contribution in [2.45, 2.75) is 18.7 Å². The molecule has 5 nitrogen and oxygen atoms in total. The Bertz CT molecular complexity index is 507. The average molecular weight is 271 g/mol. The van der Waals surface area contributed by atoms with Gasteiger partial charge in [-0.05, 0) is 24.6 Å². The molecule has 0 spiro atoms. The van der Waals surface area contributed by atoms with Crippen LogP contribution in [0.1, 0.15) is 22.8 Å². The second-order valence-electron chi connectivity index (χ2n) is 4.32. The first kappa shape index (κ1) is 14.7. The average Bonchev–Trinajstić information content (AvgIpc) is 2.27. The maximum Gasteiger partial charge on any atom is 0.251 e. The molecule has 0 aliphatic carbocycles. The lowest BCUT2D eigenvalue weighted by atomic mass is 10.1. The smallest absolute Gasteiger partial charge is 0.251 e. The molecule has 6 heteroatoms. The fourth-order valence-corrected chi connectivity index (χ4v) is 2.21. The molecule has 1 aromatic carbocycles. The quantitative estimate of drug-likeness (QED) is 0.809. The number of rotatable bonds is 5. The van der Waals surface area contributed by atoms with Crippen LogP contribution in [0.15, 0.2) is 24.3 Å². The molecule has 0 radical (unpaired) electrons. The molecule has 18 heavy (non-hydrogen) atoms. The Morgan fingerprint density at radius 2 is 1.89 bits per heavy atom. The molecular weight excluding hydrogens is 254 g/mol. The van der Waals surface area contributed by atoms with E-state index in [2.05, 4.69) is 5.32 Å². The van der Waals surface area contributed by atoms with Crippen LogP contribution in [-0.4, -0.2) is 38.3 Å². The summed E-state index contributed by atoms with van der Waals surface area (Å²) in [4.78, 5) is 11.7. The minimum Gasteiger partial charge on any atom is -0.394 e. The van der Waals surface area contributed by atoms with E-state index in [4.69, 9.17) is 5.11 Å². The Labute approximate surface area is 107 Å². The van der Waals surface area contributed by atoms with Crippen LogP contribution in [0.5, 0.6) is 0 Å². The number of aliphatic hydroxyl groups excluding tert-OH is 1. The zero-order chi connectivity index (χ0) is 13.8. The maximum atomic E-state index is 11.7. The first-order valence-corrected chi connectivity index (χ1v) is 7.56. The molecular formula is C12H17NO4S. The van der Waals surface area contributed by atoms with Crippen molar-refractivity contribution in [3.05, 3.63) is 35.4 Å². The van der Waals surface area contributed by atoms with Crippen LogP contribution in [0.2, 0.25) is 0 Å². The predicted molar refractivity (Wildman–Crippen MR) is 69.0 cm³/mol. The highest BCUT2D eigenvalue weighted by Crippen LogP contribution is 2.08. The van der Waals surface area contributed by atoms with E-state index in [0.717, 1.165) is 6.26 Å². The highest BCUT2D eigenvalue weighted by molar-refractivity contribution is 7.89. The molecule has 1 aromatic rings. The topological polar surface area (TPSA) is 83.5 Å². The van der Waals surface area contributed by atoms with Gasteiger partial charge in [0.25, 0.3) is 5.91 Å². The predicted octanol–water partition coefficient (Wildman–Crippen LogP) is 0.342. The second-order valence-corrected chi connectivity index (χ2v) is 6.46. The molecule has 0 aliphatic heterocycles. The number of aliphatic hydroxyl groups is 1. The Balaban J connectivity index is 2.74. The molecule has 0 saturated carbocycles. The lowest BCUT2D eigenvalue weighted by molar-refractivity contribution is 0.0922. The molecule has 0 aromatic heterocycles. The summed E-state index contributed by atoms with van der Waals surface area (Å²) in [5, 5.41) is 11.4. The van der Waals surface area contributed by atoms with Crippen LogP contribution in [0, 0.1) is 0 Å². The van der Waals surface area contributed by atoms with E-state index in [1.165, 1.54) is 0 Å². The molecule has 0 bridgehead atoms. The van der Waals surface area contributed by atoms with Gasteiger partial charge in [-0.1, -0.05) is 12.1 Å². The standard InChI is InChI=1S/C12H17NO4S/c1-9(7-14)13-12(15)11-5-3-10(4-6-11)8-18(2,16)17/h3-6,9,14H,7-8H2,1-2H3,(H,13,15)/t9-/m1/s1. The third kappa shape index (κ3) is 4.85. The number of benzene rings is 1. The Hall–Kier alpha value is -1.40. The Kier molecular flexibility index (Phi) is 4.86. The molecule has 0 fully saturated rings. The summed E-state index contributed by atoms with van der Waals surface area (Å²) in [6.07, 6.45) is 1.16. The Morgan fingerprint density at radius 3 is 2.33 bits per heavy atom. The summed E-state index contributed by atoms with van der Waals surface area (Å²) in [5.41, 5.74) is 1.08. The zero-order valence-electron chi connectivity index (χ0n) is 10.4. The number of sulfone groups is 1. The van der Waals surface area contributed by atoms with Crippen LogP contribution < -0.4 is 5.32 Å². The van der Waals surface area contributed by atoms with Crippen LogP contribution >= 0.6 is 0 Å². The normalized spacial score (nSPS) is 13.1. The van der Waals surface area contributed by atoms with Crippen molar-refractivity contribution in [3.8, 4) is 0 Å². The van der Waals surface area contributed by atoms with Crippen LogP contribution in [0.4, 0.5) is 0 Å². The molecule has 100 valence electrons. The van der Waals surface area contributed by atoms with Crippen molar-refractivity contribution in [1.29, 1.82) is 0 Å². The van der Waals surface area contributed by atoms with E-state index in [1.54, 1.807) is 31.2 Å². The van der Waals surface area contributed by atoms with E-state index in [-0.39, 0.29) is 24.3 Å². The molecule has 0 unspecified atom stereocenters. The minimum absolute atomic E-state index is 0.0397. The number of carbonyl (C=O) groups is 1. The van der Waals surface area contributed by atoms with Gasteiger partial charge < -0.3 is 10.4 Å². The number of amides is 1. The number of hydrogen-bond acceptors (Lipinski definition) is 4. The third-order valence-corrected chi connectivity index (χ3v) is 3.15. The molecule has 0 saturated heterocycles. The molecule has 1 rings (SSSR count). The van der Waals surface area contributed by atoms with Crippen molar-refractivity contribution in [2.24, 2.45) is 0 Å². The third-order valence-electron chi connectivity index (χ3n) is 2.30. The summed E-state index contributed by atoms with van der Waals surface area (Å²) in [7, 11) is -3.07. The van der Waals surface area contributed by atoms with Gasteiger partial charge in [-0.2, -0.15) is 0 Å². The van der Waals surface area contributed by atoms with Crippen LogP contribution in [0.3, 0.4) is 0 Å². The van der Waals surface area contributed by atoms with Gasteiger partial charge >= 0.3 is 0 Å². The van der Waals surface area contributed by atoms with Crippen LogP contribution in [-0.2, 0) is 15.6 Å². The van der Waals surface area contributed by atoms with Crippen molar-refractivity contribution in [1.82, 2.24) is 5.32 Å². The molecule has 0 heterocycles.